The molecule has 1 aromatic carbocycles. The van der Waals surface area contributed by atoms with E-state index in [9.17, 15) is 4.79 Å². The van der Waals surface area contributed by atoms with E-state index in [4.69, 9.17) is 14.6 Å². The lowest BCUT2D eigenvalue weighted by molar-refractivity contribution is -0.0979. The topological polar surface area (TPSA) is 85.6 Å². The van der Waals surface area contributed by atoms with Crippen LogP contribution in [0.25, 0.3) is 0 Å². The molecule has 0 unspecified atom stereocenters. The maximum absolute atomic E-state index is 13.4. The van der Waals surface area contributed by atoms with Gasteiger partial charge in [0.05, 0.1) is 18.4 Å². The first kappa shape index (κ1) is 27.1. The van der Waals surface area contributed by atoms with Crippen molar-refractivity contribution in [2.45, 2.75) is 73.3 Å². The van der Waals surface area contributed by atoms with Crippen LogP contribution in [0.5, 0.6) is 5.75 Å². The minimum absolute atomic E-state index is 0.0768. The molecule has 7 heteroatoms. The Morgan fingerprint density at radius 1 is 1.16 bits per heavy atom. The predicted octanol–water partition coefficient (Wildman–Crippen LogP) is 4.71. The zero-order valence-corrected chi connectivity index (χ0v) is 20.5. The van der Waals surface area contributed by atoms with E-state index in [-0.39, 0.29) is 5.56 Å². The summed E-state index contributed by atoms with van der Waals surface area (Å²) in [4.78, 5) is 26.0. The number of hydrogen-bond donors (Lipinski definition) is 1. The van der Waals surface area contributed by atoms with Gasteiger partial charge < -0.3 is 14.8 Å². The average Bonchev–Trinajstić information content (AvgIpc) is 2.80. The summed E-state index contributed by atoms with van der Waals surface area (Å²) in [5, 5.41) is 8.12. The summed E-state index contributed by atoms with van der Waals surface area (Å²) >= 11 is 0. The highest BCUT2D eigenvalue weighted by Gasteiger charge is 2.19. The number of ether oxygens (including phenoxy) is 1. The van der Waals surface area contributed by atoms with E-state index in [0.717, 1.165) is 60.4 Å². The monoisotopic (exact) mass is 442 g/mol. The molecule has 0 aliphatic heterocycles. The molecule has 0 aliphatic rings. The molecule has 7 nitrogen and oxygen atoms in total. The molecule has 176 valence electrons. The Morgan fingerprint density at radius 2 is 1.84 bits per heavy atom. The van der Waals surface area contributed by atoms with Crippen molar-refractivity contribution in [3.8, 4) is 5.75 Å². The molecule has 1 heterocycles. The van der Waals surface area contributed by atoms with Crippen LogP contribution in [0.15, 0.2) is 28.0 Å². The van der Waals surface area contributed by atoms with Crippen LogP contribution in [-0.2, 0) is 17.8 Å². The second-order valence-electron chi connectivity index (χ2n) is 7.56. The molecule has 0 amide bonds. The number of hydrogen-bond acceptors (Lipinski definition) is 5. The maximum atomic E-state index is 13.4. The normalized spacial score (nSPS) is 11.0. The largest absolute Gasteiger partial charge is 0.497 e. The maximum Gasteiger partial charge on any atom is 0.278 e. The molecule has 0 saturated carbocycles. The van der Waals surface area contributed by atoms with Crippen LogP contribution in [0.2, 0.25) is 0 Å². The lowest BCUT2D eigenvalue weighted by atomic mass is 10.0. The van der Waals surface area contributed by atoms with E-state index in [1.807, 2.05) is 45.8 Å². The van der Waals surface area contributed by atoms with Crippen molar-refractivity contribution in [2.75, 3.05) is 19.0 Å². The smallest absolute Gasteiger partial charge is 0.278 e. The van der Waals surface area contributed by atoms with E-state index in [2.05, 4.69) is 24.2 Å². The number of aromatic nitrogens is 2. The van der Waals surface area contributed by atoms with Crippen LogP contribution in [0, 0.1) is 13.8 Å². The molecule has 1 N–H and O–H groups in total. The number of anilines is 1. The standard InChI is InChI=1S/C24H36N4O2.CH2O/c1-7-10-12-21-18(5)22(24(29)28(27-21)15-11-8-2)23(25-9-3)26-20-14-13-19(30-6)16-17(20)4;1-2/h13-14,16H,7-12,15H2,1-6H3,(H,25,26);1H2. The SMILES string of the molecule is C=O.CCCCc1nn(CCCC)c(=O)c(C(=NCC)Nc2ccc(OC)cc2C)c1C. The number of rotatable bonds is 10. The van der Waals surface area contributed by atoms with Gasteiger partial charge in [-0.2, -0.15) is 5.10 Å². The minimum atomic E-state index is -0.0768. The van der Waals surface area contributed by atoms with Gasteiger partial charge in [0, 0.05) is 18.8 Å². The number of aliphatic imine (C=N–C) groups is 1. The van der Waals surface area contributed by atoms with E-state index < -0.39 is 0 Å². The summed E-state index contributed by atoms with van der Waals surface area (Å²) in [6.45, 7) is 13.5. The lowest BCUT2D eigenvalue weighted by Gasteiger charge is -2.18. The van der Waals surface area contributed by atoms with Crippen LogP contribution >= 0.6 is 0 Å². The highest BCUT2D eigenvalue weighted by atomic mass is 16.5. The fourth-order valence-corrected chi connectivity index (χ4v) is 3.39. The van der Waals surface area contributed by atoms with Gasteiger partial charge in [-0.05, 0) is 69.4 Å². The summed E-state index contributed by atoms with van der Waals surface area (Å²) in [6, 6.07) is 5.84. The zero-order valence-electron chi connectivity index (χ0n) is 20.5. The van der Waals surface area contributed by atoms with Gasteiger partial charge >= 0.3 is 0 Å². The zero-order chi connectivity index (χ0) is 24.1. The first-order valence-electron chi connectivity index (χ1n) is 11.3. The quantitative estimate of drug-likeness (QED) is 0.426. The highest BCUT2D eigenvalue weighted by Crippen LogP contribution is 2.22. The van der Waals surface area contributed by atoms with Gasteiger partial charge in [0.2, 0.25) is 0 Å². The Labute approximate surface area is 191 Å². The van der Waals surface area contributed by atoms with Crippen molar-refractivity contribution in [3.63, 3.8) is 0 Å². The van der Waals surface area contributed by atoms with Crippen molar-refractivity contribution in [1.29, 1.82) is 0 Å². The number of nitrogens with one attached hydrogen (secondary N) is 1. The summed E-state index contributed by atoms with van der Waals surface area (Å²) in [6.07, 6.45) is 4.94. The number of carbonyl (C=O) groups excluding carboxylic acids is 1. The number of nitrogens with zero attached hydrogens (tertiary/aromatic N) is 3. The van der Waals surface area contributed by atoms with Crippen molar-refractivity contribution in [1.82, 2.24) is 9.78 Å². The molecule has 0 saturated heterocycles. The van der Waals surface area contributed by atoms with Crippen molar-refractivity contribution in [2.24, 2.45) is 4.99 Å². The molecule has 0 bridgehead atoms. The Hall–Kier alpha value is -2.96. The third-order valence-electron chi connectivity index (χ3n) is 5.23. The lowest BCUT2D eigenvalue weighted by Crippen LogP contribution is -2.34. The second-order valence-corrected chi connectivity index (χ2v) is 7.56. The summed E-state index contributed by atoms with van der Waals surface area (Å²) in [5.74, 6) is 1.41. The molecule has 0 radical (unpaired) electrons. The molecule has 1 aromatic heterocycles. The fourth-order valence-electron chi connectivity index (χ4n) is 3.39. The second kappa shape index (κ2) is 14.2. The highest BCUT2D eigenvalue weighted by molar-refractivity contribution is 6.09. The molecule has 0 aliphatic carbocycles. The Morgan fingerprint density at radius 3 is 2.41 bits per heavy atom. The molecule has 0 atom stereocenters. The first-order chi connectivity index (χ1) is 15.5. The van der Waals surface area contributed by atoms with E-state index in [1.165, 1.54) is 0 Å². The molecule has 2 rings (SSSR count). The van der Waals surface area contributed by atoms with Crippen LogP contribution in [0.1, 0.15) is 68.8 Å². The molecular weight excluding hydrogens is 404 g/mol. The van der Waals surface area contributed by atoms with Gasteiger partial charge in [-0.15, -0.1) is 0 Å². The Balaban J connectivity index is 0.00000249. The first-order valence-corrected chi connectivity index (χ1v) is 11.3. The molecule has 0 spiro atoms. The van der Waals surface area contributed by atoms with Gasteiger partial charge in [0.15, 0.2) is 0 Å². The number of benzene rings is 1. The number of aryl methyl sites for hydroxylation is 3. The van der Waals surface area contributed by atoms with Crippen molar-refractivity contribution in [3.05, 3.63) is 50.9 Å². The van der Waals surface area contributed by atoms with Gasteiger partial charge in [0.25, 0.3) is 5.56 Å². The molecule has 0 fully saturated rings. The van der Waals surface area contributed by atoms with Crippen LogP contribution < -0.4 is 15.6 Å². The predicted molar refractivity (Wildman–Crippen MR) is 132 cm³/mol. The van der Waals surface area contributed by atoms with Crippen molar-refractivity contribution >= 4 is 18.3 Å². The minimum Gasteiger partial charge on any atom is -0.497 e. The molecule has 2 aromatic rings. The number of carbonyl (C=O) groups is 1. The van der Waals surface area contributed by atoms with Crippen LogP contribution in [-0.4, -0.2) is 36.1 Å². The summed E-state index contributed by atoms with van der Waals surface area (Å²) in [7, 11) is 1.66. The van der Waals surface area contributed by atoms with E-state index >= 15 is 0 Å². The van der Waals surface area contributed by atoms with Gasteiger partial charge in [-0.3, -0.25) is 9.79 Å². The number of methoxy groups -OCH3 is 1. The van der Waals surface area contributed by atoms with Gasteiger partial charge in [-0.25, -0.2) is 4.68 Å². The van der Waals surface area contributed by atoms with E-state index in [1.54, 1.807) is 11.8 Å². The summed E-state index contributed by atoms with van der Waals surface area (Å²) in [5.41, 5.74) is 4.40. The Kier molecular flexibility index (Phi) is 12.0. The van der Waals surface area contributed by atoms with Gasteiger partial charge in [-0.1, -0.05) is 26.7 Å². The van der Waals surface area contributed by atoms with Gasteiger partial charge in [0.1, 0.15) is 18.4 Å². The number of unbranched alkanes of at least 4 members (excludes halogenated alkanes) is 2. The van der Waals surface area contributed by atoms with Crippen LogP contribution in [0.3, 0.4) is 0 Å². The third-order valence-corrected chi connectivity index (χ3v) is 5.23. The average molecular weight is 443 g/mol. The third kappa shape index (κ3) is 7.04. The Bertz CT molecular complexity index is 951. The van der Waals surface area contributed by atoms with Crippen LogP contribution in [0.4, 0.5) is 5.69 Å². The van der Waals surface area contributed by atoms with Crippen molar-refractivity contribution < 1.29 is 9.53 Å². The molecule has 32 heavy (non-hydrogen) atoms. The molecular formula is C25H38N4O3. The van der Waals surface area contributed by atoms with E-state index in [0.29, 0.717) is 24.5 Å². The summed E-state index contributed by atoms with van der Waals surface area (Å²) < 4.78 is 6.94. The number of amidine groups is 1. The fraction of sp³-hybridized carbons (Fsp3) is 0.520.